The summed E-state index contributed by atoms with van der Waals surface area (Å²) in [6, 6.07) is 11.4. The molecule has 1 unspecified atom stereocenters. The molecule has 0 radical (unpaired) electrons. The molecule has 1 aromatic rings. The average molecular weight is 428 g/mol. The fraction of sp³-hybridized carbons (Fsp3) is 0.714. The fourth-order valence-electron chi connectivity index (χ4n) is 3.88. The Labute approximate surface area is 163 Å². The van der Waals surface area contributed by atoms with Crippen molar-refractivity contribution in [3.8, 4) is 0 Å². The number of benzene rings is 1. The Kier molecular flexibility index (Phi) is 8.45. The third kappa shape index (κ3) is 5.73. The van der Waals surface area contributed by atoms with Gasteiger partial charge in [0.25, 0.3) is 0 Å². The van der Waals surface area contributed by atoms with Crippen molar-refractivity contribution >= 4 is 42.9 Å². The first-order valence-electron chi connectivity index (χ1n) is 9.89. The van der Waals surface area contributed by atoms with Crippen molar-refractivity contribution in [1.82, 2.24) is 0 Å². The molecule has 2 fully saturated rings. The summed E-state index contributed by atoms with van der Waals surface area (Å²) < 4.78 is 2.15. The molecule has 1 aromatic carbocycles. The summed E-state index contributed by atoms with van der Waals surface area (Å²) in [4.78, 5) is 0.919. The minimum absolute atomic E-state index is 0.535. The van der Waals surface area contributed by atoms with E-state index in [-0.39, 0.29) is 0 Å². The molecule has 134 valence electrons. The van der Waals surface area contributed by atoms with E-state index in [4.69, 9.17) is 0 Å². The molecule has 2 aliphatic rings. The molecular formula is C21H32S2Se. The zero-order valence-electron chi connectivity index (χ0n) is 14.9. The molecule has 1 heterocycles. The van der Waals surface area contributed by atoms with Crippen LogP contribution < -0.4 is 4.46 Å². The molecule has 0 aromatic heterocycles. The molecule has 0 N–H and O–H groups in total. The third-order valence-electron chi connectivity index (χ3n) is 5.24. The van der Waals surface area contributed by atoms with Gasteiger partial charge in [0.15, 0.2) is 0 Å². The molecule has 1 aliphatic carbocycles. The van der Waals surface area contributed by atoms with E-state index in [0.717, 1.165) is 4.82 Å². The number of hydrogen-bond acceptors (Lipinski definition) is 2. The van der Waals surface area contributed by atoms with Crippen molar-refractivity contribution in [2.75, 3.05) is 11.5 Å². The normalized spacial score (nSPS) is 26.4. The summed E-state index contributed by atoms with van der Waals surface area (Å²) >= 11 is 5.31. The van der Waals surface area contributed by atoms with E-state index in [0.29, 0.717) is 19.0 Å². The molecule has 3 rings (SSSR count). The first-order chi connectivity index (χ1) is 11.9. The van der Waals surface area contributed by atoms with Gasteiger partial charge in [-0.05, 0) is 0 Å². The van der Waals surface area contributed by atoms with Crippen LogP contribution in [-0.4, -0.2) is 30.5 Å². The van der Waals surface area contributed by atoms with Crippen LogP contribution in [0.3, 0.4) is 0 Å². The van der Waals surface area contributed by atoms with Crippen molar-refractivity contribution in [3.63, 3.8) is 0 Å². The summed E-state index contributed by atoms with van der Waals surface area (Å²) in [7, 11) is 0. The van der Waals surface area contributed by atoms with Crippen molar-refractivity contribution in [1.29, 1.82) is 0 Å². The maximum atomic E-state index is 2.38. The van der Waals surface area contributed by atoms with Gasteiger partial charge in [0.05, 0.1) is 0 Å². The first kappa shape index (κ1) is 19.2. The Morgan fingerprint density at radius 1 is 0.750 bits per heavy atom. The third-order valence-corrected chi connectivity index (χ3v) is 12.6. The van der Waals surface area contributed by atoms with Crippen LogP contribution in [0.2, 0.25) is 4.82 Å². The summed E-state index contributed by atoms with van der Waals surface area (Å²) in [5, 5.41) is 0. The molecule has 24 heavy (non-hydrogen) atoms. The Morgan fingerprint density at radius 3 is 2.08 bits per heavy atom. The topological polar surface area (TPSA) is 0 Å². The number of thioether (sulfide) groups is 2. The molecule has 1 saturated carbocycles. The quantitative estimate of drug-likeness (QED) is 0.509. The standard InChI is InChI=1S/C21H32S2Se/c1-2-4-6-11-16-21(22-17-12-18-23-21)20(15-10-5-3-1)24-19-13-8-7-9-14-19/h7-9,13-14,20H,1-6,10-12,15-18H2. The van der Waals surface area contributed by atoms with Gasteiger partial charge in [-0.3, -0.25) is 0 Å². The van der Waals surface area contributed by atoms with Gasteiger partial charge in [0.1, 0.15) is 0 Å². The van der Waals surface area contributed by atoms with Crippen LogP contribution in [0.15, 0.2) is 30.3 Å². The van der Waals surface area contributed by atoms with Crippen LogP contribution in [0.25, 0.3) is 0 Å². The minimum atomic E-state index is 0.535. The van der Waals surface area contributed by atoms with Gasteiger partial charge in [-0.2, -0.15) is 0 Å². The summed E-state index contributed by atoms with van der Waals surface area (Å²) in [5.74, 6) is 2.79. The van der Waals surface area contributed by atoms with E-state index in [1.54, 1.807) is 4.46 Å². The zero-order valence-corrected chi connectivity index (χ0v) is 18.2. The second kappa shape index (κ2) is 10.6. The summed E-state index contributed by atoms with van der Waals surface area (Å²) in [6.07, 6.45) is 16.1. The Morgan fingerprint density at radius 2 is 1.38 bits per heavy atom. The van der Waals surface area contributed by atoms with Gasteiger partial charge in [-0.25, -0.2) is 0 Å². The van der Waals surface area contributed by atoms with Crippen molar-refractivity contribution in [2.45, 2.75) is 79.5 Å². The average Bonchev–Trinajstić information content (AvgIpc) is 2.63. The maximum absolute atomic E-state index is 2.38. The van der Waals surface area contributed by atoms with E-state index in [9.17, 15) is 0 Å². The first-order valence-corrected chi connectivity index (χ1v) is 13.7. The molecule has 1 atom stereocenters. The molecule has 0 nitrogen and oxygen atoms in total. The van der Waals surface area contributed by atoms with Gasteiger partial charge < -0.3 is 0 Å². The van der Waals surface area contributed by atoms with Crippen LogP contribution >= 0.6 is 23.5 Å². The molecular weight excluding hydrogens is 395 g/mol. The molecule has 1 aliphatic heterocycles. The van der Waals surface area contributed by atoms with Gasteiger partial charge in [-0.1, -0.05) is 0 Å². The van der Waals surface area contributed by atoms with Crippen LogP contribution in [0.4, 0.5) is 0 Å². The van der Waals surface area contributed by atoms with E-state index in [1.165, 1.54) is 82.1 Å². The Balaban J connectivity index is 1.75. The van der Waals surface area contributed by atoms with Gasteiger partial charge >= 0.3 is 164 Å². The van der Waals surface area contributed by atoms with Crippen LogP contribution in [0.5, 0.6) is 0 Å². The van der Waals surface area contributed by atoms with E-state index >= 15 is 0 Å². The van der Waals surface area contributed by atoms with Crippen molar-refractivity contribution in [3.05, 3.63) is 30.3 Å². The van der Waals surface area contributed by atoms with Gasteiger partial charge in [-0.15, -0.1) is 0 Å². The predicted octanol–water partition coefficient (Wildman–Crippen LogP) is 6.29. The van der Waals surface area contributed by atoms with E-state index < -0.39 is 0 Å². The molecule has 1 spiro atoms. The fourth-order valence-corrected chi connectivity index (χ4v) is 11.3. The van der Waals surface area contributed by atoms with Crippen molar-refractivity contribution < 1.29 is 0 Å². The predicted molar refractivity (Wildman–Crippen MR) is 114 cm³/mol. The Bertz CT molecular complexity index is 456. The van der Waals surface area contributed by atoms with E-state index in [1.807, 2.05) is 0 Å². The van der Waals surface area contributed by atoms with Crippen LogP contribution in [0, 0.1) is 0 Å². The monoisotopic (exact) mass is 428 g/mol. The molecule has 1 saturated heterocycles. The molecule has 0 bridgehead atoms. The van der Waals surface area contributed by atoms with Crippen LogP contribution in [-0.2, 0) is 0 Å². The van der Waals surface area contributed by atoms with Crippen molar-refractivity contribution in [2.24, 2.45) is 0 Å². The Hall–Kier alpha value is 0.439. The molecule has 3 heteroatoms. The SMILES string of the molecule is c1ccc([Se]C2CCCCCCCCCCC23SCCCS3)cc1. The summed E-state index contributed by atoms with van der Waals surface area (Å²) in [6.45, 7) is 0. The molecule has 0 amide bonds. The number of hydrogen-bond donors (Lipinski definition) is 0. The van der Waals surface area contributed by atoms with Crippen LogP contribution in [0.1, 0.15) is 70.6 Å². The van der Waals surface area contributed by atoms with Gasteiger partial charge in [0, 0.05) is 0 Å². The van der Waals surface area contributed by atoms with Gasteiger partial charge in [0.2, 0.25) is 0 Å². The summed E-state index contributed by atoms with van der Waals surface area (Å²) in [5.41, 5.74) is 0. The number of rotatable bonds is 2. The second-order valence-electron chi connectivity index (χ2n) is 7.15. The second-order valence-corrected chi connectivity index (χ2v) is 12.9. The van der Waals surface area contributed by atoms with E-state index in [2.05, 4.69) is 53.9 Å². The zero-order chi connectivity index (χ0) is 16.5.